The molecule has 0 aromatic heterocycles. The maximum absolute atomic E-state index is 12.5. The number of ketones is 2. The molecule has 0 amide bonds. The van der Waals surface area contributed by atoms with Crippen LogP contribution in [0.3, 0.4) is 0 Å². The maximum atomic E-state index is 12.5. The third-order valence-corrected chi connectivity index (χ3v) is 3.46. The summed E-state index contributed by atoms with van der Waals surface area (Å²) in [5.41, 5.74) is 11.0. The zero-order valence-electron chi connectivity index (χ0n) is 10.6. The monoisotopic (exact) mass is 283 g/mol. The summed E-state index contributed by atoms with van der Waals surface area (Å²) in [5, 5.41) is 11.1. The summed E-state index contributed by atoms with van der Waals surface area (Å²) in [4.78, 5) is 35.4. The molecule has 0 radical (unpaired) electrons. The Bertz CT molecular complexity index is 842. The van der Waals surface area contributed by atoms with Gasteiger partial charge in [0.05, 0.1) is 21.9 Å². The Balaban J connectivity index is 2.38. The van der Waals surface area contributed by atoms with Gasteiger partial charge < -0.3 is 11.5 Å². The molecular formula is C14H9N3O4. The number of anilines is 2. The highest BCUT2D eigenvalue weighted by molar-refractivity contribution is 6.31. The van der Waals surface area contributed by atoms with E-state index in [1.165, 1.54) is 30.3 Å². The molecule has 0 saturated carbocycles. The number of nitro benzene ring substituents is 1. The fourth-order valence-corrected chi connectivity index (χ4v) is 2.46. The Morgan fingerprint density at radius 1 is 0.905 bits per heavy atom. The smallest absolute Gasteiger partial charge is 0.281 e. The molecule has 0 spiro atoms. The standard InChI is InChI=1S/C14H9N3O4/c15-8-5-4-7-11(12(8)16)14(19)6-2-1-3-9(17(20)21)10(6)13(7)18/h1-5H,15-16H2. The highest BCUT2D eigenvalue weighted by Gasteiger charge is 2.36. The van der Waals surface area contributed by atoms with Crippen LogP contribution in [0.1, 0.15) is 31.8 Å². The first-order chi connectivity index (χ1) is 9.93. The zero-order chi connectivity index (χ0) is 15.3. The molecule has 7 nitrogen and oxygen atoms in total. The van der Waals surface area contributed by atoms with E-state index in [1.54, 1.807) is 0 Å². The molecule has 4 N–H and O–H groups in total. The largest absolute Gasteiger partial charge is 0.397 e. The van der Waals surface area contributed by atoms with Crippen molar-refractivity contribution in [2.45, 2.75) is 0 Å². The third kappa shape index (κ3) is 1.61. The van der Waals surface area contributed by atoms with Crippen LogP contribution in [0.15, 0.2) is 30.3 Å². The van der Waals surface area contributed by atoms with Crippen LogP contribution in [0.5, 0.6) is 0 Å². The van der Waals surface area contributed by atoms with Crippen LogP contribution in [0.25, 0.3) is 0 Å². The van der Waals surface area contributed by atoms with E-state index in [9.17, 15) is 19.7 Å². The Kier molecular flexibility index (Phi) is 2.52. The van der Waals surface area contributed by atoms with Crippen molar-refractivity contribution in [3.05, 3.63) is 62.7 Å². The van der Waals surface area contributed by atoms with Gasteiger partial charge in [-0.2, -0.15) is 0 Å². The number of carbonyl (C=O) groups excluding carboxylic acids is 2. The predicted molar refractivity (Wildman–Crippen MR) is 75.2 cm³/mol. The Hall–Kier alpha value is -3.22. The average molecular weight is 283 g/mol. The molecule has 0 heterocycles. The fourth-order valence-electron chi connectivity index (χ4n) is 2.46. The number of nitrogens with two attached hydrogens (primary N) is 2. The maximum Gasteiger partial charge on any atom is 0.281 e. The second kappa shape index (κ2) is 4.14. The Morgan fingerprint density at radius 3 is 2.19 bits per heavy atom. The van der Waals surface area contributed by atoms with Gasteiger partial charge in [-0.1, -0.05) is 6.07 Å². The van der Waals surface area contributed by atoms with E-state index in [4.69, 9.17) is 11.5 Å². The van der Waals surface area contributed by atoms with Crippen LogP contribution >= 0.6 is 0 Å². The van der Waals surface area contributed by atoms with Crippen molar-refractivity contribution >= 4 is 28.6 Å². The van der Waals surface area contributed by atoms with Gasteiger partial charge in [0.2, 0.25) is 5.78 Å². The van der Waals surface area contributed by atoms with Crippen LogP contribution in [0.4, 0.5) is 17.1 Å². The molecule has 2 aromatic rings. The summed E-state index contributed by atoms with van der Waals surface area (Å²) >= 11 is 0. The van der Waals surface area contributed by atoms with Crippen LogP contribution < -0.4 is 11.5 Å². The molecule has 0 bridgehead atoms. The van der Waals surface area contributed by atoms with Crippen LogP contribution in [0, 0.1) is 10.1 Å². The summed E-state index contributed by atoms with van der Waals surface area (Å²) in [6, 6.07) is 6.68. The molecule has 0 saturated heterocycles. The van der Waals surface area contributed by atoms with Gasteiger partial charge in [-0.15, -0.1) is 0 Å². The lowest BCUT2D eigenvalue weighted by molar-refractivity contribution is -0.385. The van der Waals surface area contributed by atoms with Gasteiger partial charge in [0.15, 0.2) is 5.78 Å². The van der Waals surface area contributed by atoms with E-state index in [1.807, 2.05) is 0 Å². The highest BCUT2D eigenvalue weighted by atomic mass is 16.6. The average Bonchev–Trinajstić information content (AvgIpc) is 2.46. The molecule has 104 valence electrons. The first kappa shape index (κ1) is 12.8. The third-order valence-electron chi connectivity index (χ3n) is 3.46. The normalized spacial score (nSPS) is 12.8. The molecule has 0 unspecified atom stereocenters. The van der Waals surface area contributed by atoms with E-state index in [0.717, 1.165) is 0 Å². The SMILES string of the molecule is Nc1ccc2c(c1N)C(=O)c1cccc([N+](=O)[O-])c1C2=O. The number of benzene rings is 2. The molecule has 2 aromatic carbocycles. The molecule has 1 aliphatic rings. The lowest BCUT2D eigenvalue weighted by Gasteiger charge is -2.19. The van der Waals surface area contributed by atoms with Gasteiger partial charge in [0.25, 0.3) is 5.69 Å². The van der Waals surface area contributed by atoms with Gasteiger partial charge in [-0.05, 0) is 18.2 Å². The molecule has 0 aliphatic heterocycles. The van der Waals surface area contributed by atoms with Gasteiger partial charge in [0.1, 0.15) is 5.56 Å². The first-order valence-corrected chi connectivity index (χ1v) is 5.98. The van der Waals surface area contributed by atoms with Crippen molar-refractivity contribution in [1.29, 1.82) is 0 Å². The van der Waals surface area contributed by atoms with E-state index in [2.05, 4.69) is 0 Å². The van der Waals surface area contributed by atoms with Crippen molar-refractivity contribution < 1.29 is 14.5 Å². The number of rotatable bonds is 1. The minimum atomic E-state index is -0.685. The number of fused-ring (bicyclic) bond motifs is 2. The lowest BCUT2D eigenvalue weighted by Crippen LogP contribution is -2.24. The number of nitrogen functional groups attached to an aromatic ring is 2. The second-order valence-corrected chi connectivity index (χ2v) is 4.61. The number of hydrogen-bond acceptors (Lipinski definition) is 6. The minimum Gasteiger partial charge on any atom is -0.397 e. The van der Waals surface area contributed by atoms with E-state index < -0.39 is 22.2 Å². The Labute approximate surface area is 118 Å². The lowest BCUT2D eigenvalue weighted by atomic mass is 9.82. The van der Waals surface area contributed by atoms with E-state index in [-0.39, 0.29) is 33.6 Å². The summed E-state index contributed by atoms with van der Waals surface area (Å²) < 4.78 is 0. The van der Waals surface area contributed by atoms with Crippen molar-refractivity contribution in [3.63, 3.8) is 0 Å². The zero-order valence-corrected chi connectivity index (χ0v) is 10.6. The predicted octanol–water partition coefficient (Wildman–Crippen LogP) is 1.53. The van der Waals surface area contributed by atoms with Crippen molar-refractivity contribution in [3.8, 4) is 0 Å². The Morgan fingerprint density at radius 2 is 1.52 bits per heavy atom. The van der Waals surface area contributed by atoms with Gasteiger partial charge >= 0.3 is 0 Å². The summed E-state index contributed by atoms with van der Waals surface area (Å²) in [5.74, 6) is -1.13. The van der Waals surface area contributed by atoms with E-state index >= 15 is 0 Å². The van der Waals surface area contributed by atoms with E-state index in [0.29, 0.717) is 0 Å². The topological polar surface area (TPSA) is 129 Å². The summed E-state index contributed by atoms with van der Waals surface area (Å²) in [6.45, 7) is 0. The molecule has 0 fully saturated rings. The van der Waals surface area contributed by atoms with Crippen molar-refractivity contribution in [2.75, 3.05) is 11.5 Å². The molecule has 0 atom stereocenters. The van der Waals surface area contributed by atoms with Crippen LogP contribution in [-0.4, -0.2) is 16.5 Å². The van der Waals surface area contributed by atoms with Gasteiger partial charge in [-0.25, -0.2) is 0 Å². The number of nitrogens with zero attached hydrogens (tertiary/aromatic N) is 1. The fraction of sp³-hybridized carbons (Fsp3) is 0. The van der Waals surface area contributed by atoms with Crippen LogP contribution in [0.2, 0.25) is 0 Å². The van der Waals surface area contributed by atoms with Gasteiger partial charge in [-0.3, -0.25) is 19.7 Å². The van der Waals surface area contributed by atoms with Gasteiger partial charge in [0, 0.05) is 17.2 Å². The quantitative estimate of drug-likeness (QED) is 0.396. The molecule has 3 rings (SSSR count). The first-order valence-electron chi connectivity index (χ1n) is 5.98. The number of carbonyl (C=O) groups is 2. The molecule has 7 heteroatoms. The number of nitro groups is 1. The molecular weight excluding hydrogens is 274 g/mol. The minimum absolute atomic E-state index is 0.00741. The number of hydrogen-bond donors (Lipinski definition) is 2. The van der Waals surface area contributed by atoms with Crippen LogP contribution in [-0.2, 0) is 0 Å². The summed E-state index contributed by atoms with van der Waals surface area (Å²) in [6.07, 6.45) is 0. The second-order valence-electron chi connectivity index (χ2n) is 4.61. The van der Waals surface area contributed by atoms with Crippen molar-refractivity contribution in [1.82, 2.24) is 0 Å². The highest BCUT2D eigenvalue weighted by Crippen LogP contribution is 2.36. The molecule has 1 aliphatic carbocycles. The molecule has 21 heavy (non-hydrogen) atoms. The van der Waals surface area contributed by atoms with Crippen molar-refractivity contribution in [2.24, 2.45) is 0 Å². The summed E-state index contributed by atoms with van der Waals surface area (Å²) in [7, 11) is 0.